The fourth-order valence-electron chi connectivity index (χ4n) is 2.33. The molecule has 3 nitrogen and oxygen atoms in total. The van der Waals surface area contributed by atoms with Crippen molar-refractivity contribution in [3.8, 4) is 0 Å². The molecule has 0 aliphatic carbocycles. The van der Waals surface area contributed by atoms with Crippen molar-refractivity contribution in [2.75, 3.05) is 7.11 Å². The van der Waals surface area contributed by atoms with Crippen LogP contribution in [0.1, 0.15) is 34.8 Å². The van der Waals surface area contributed by atoms with Crippen LogP contribution in [0.5, 0.6) is 0 Å². The summed E-state index contributed by atoms with van der Waals surface area (Å²) in [6.07, 6.45) is 1.86. The second-order valence-corrected chi connectivity index (χ2v) is 6.59. The van der Waals surface area contributed by atoms with Crippen LogP contribution >= 0.6 is 15.9 Å². The van der Waals surface area contributed by atoms with Gasteiger partial charge in [0.1, 0.15) is 0 Å². The van der Waals surface area contributed by atoms with E-state index in [4.69, 9.17) is 4.74 Å². The summed E-state index contributed by atoms with van der Waals surface area (Å²) in [4.78, 5) is 12.2. The van der Waals surface area contributed by atoms with Gasteiger partial charge in [0.25, 0.3) is 5.91 Å². The molecule has 1 N–H and O–H groups in total. The summed E-state index contributed by atoms with van der Waals surface area (Å²) < 4.78 is 6.15. The largest absolute Gasteiger partial charge is 0.380 e. The first-order valence-electron chi connectivity index (χ1n) is 7.71. The van der Waals surface area contributed by atoms with Crippen molar-refractivity contribution in [3.05, 3.63) is 69.7 Å². The molecule has 0 fully saturated rings. The van der Waals surface area contributed by atoms with Crippen molar-refractivity contribution in [2.45, 2.75) is 32.4 Å². The van der Waals surface area contributed by atoms with Crippen LogP contribution in [0.4, 0.5) is 0 Å². The van der Waals surface area contributed by atoms with Crippen molar-refractivity contribution in [1.29, 1.82) is 0 Å². The number of rotatable bonds is 7. The third-order valence-electron chi connectivity index (χ3n) is 3.68. The number of nitrogens with one attached hydrogen (secondary N) is 1. The van der Waals surface area contributed by atoms with Crippen LogP contribution in [-0.2, 0) is 17.8 Å². The Morgan fingerprint density at radius 2 is 1.70 bits per heavy atom. The van der Waals surface area contributed by atoms with E-state index in [-0.39, 0.29) is 11.9 Å². The molecule has 0 aliphatic heterocycles. The molecule has 23 heavy (non-hydrogen) atoms. The van der Waals surface area contributed by atoms with Crippen molar-refractivity contribution in [2.24, 2.45) is 0 Å². The van der Waals surface area contributed by atoms with Crippen LogP contribution < -0.4 is 5.32 Å². The predicted octanol–water partition coefficient (Wildman–Crippen LogP) is 4.35. The molecule has 0 radical (unpaired) electrons. The molecule has 0 saturated heterocycles. The van der Waals surface area contributed by atoms with E-state index in [9.17, 15) is 4.79 Å². The third-order valence-corrected chi connectivity index (χ3v) is 4.21. The number of carbonyl (C=O) groups excluding carboxylic acids is 1. The van der Waals surface area contributed by atoms with Gasteiger partial charge in [-0.25, -0.2) is 0 Å². The van der Waals surface area contributed by atoms with Gasteiger partial charge in [-0.1, -0.05) is 40.2 Å². The molecule has 1 unspecified atom stereocenters. The minimum atomic E-state index is -0.0303. The maximum atomic E-state index is 12.2. The van der Waals surface area contributed by atoms with Crippen LogP contribution in [0.3, 0.4) is 0 Å². The smallest absolute Gasteiger partial charge is 0.251 e. The molecule has 4 heteroatoms. The van der Waals surface area contributed by atoms with Gasteiger partial charge in [0.05, 0.1) is 6.61 Å². The third kappa shape index (κ3) is 5.81. The van der Waals surface area contributed by atoms with E-state index in [1.165, 1.54) is 5.56 Å². The van der Waals surface area contributed by atoms with Crippen LogP contribution in [0.15, 0.2) is 53.0 Å². The van der Waals surface area contributed by atoms with E-state index in [1.54, 1.807) is 7.11 Å². The molecule has 2 rings (SSSR count). The summed E-state index contributed by atoms with van der Waals surface area (Å²) in [6.45, 7) is 2.60. The summed E-state index contributed by atoms with van der Waals surface area (Å²) in [7, 11) is 1.66. The standard InChI is InChI=1S/C19H22BrNO2/c1-14(3-4-15-7-11-18(20)12-8-15)21-19(22)17-9-5-16(6-10-17)13-23-2/h5-12,14H,3-4,13H2,1-2H3,(H,21,22). The van der Waals surface area contributed by atoms with Crippen LogP contribution in [0.25, 0.3) is 0 Å². The Kier molecular flexibility index (Phi) is 6.81. The second kappa shape index (κ2) is 8.85. The van der Waals surface area contributed by atoms with Crippen LogP contribution in [0, 0.1) is 0 Å². The van der Waals surface area contributed by atoms with Crippen molar-refractivity contribution in [1.82, 2.24) is 5.32 Å². The summed E-state index contributed by atoms with van der Waals surface area (Å²) in [6, 6.07) is 15.9. The van der Waals surface area contributed by atoms with Gasteiger partial charge in [-0.05, 0) is 55.2 Å². The molecular weight excluding hydrogens is 354 g/mol. The fourth-order valence-corrected chi connectivity index (χ4v) is 2.60. The van der Waals surface area contributed by atoms with Crippen LogP contribution in [-0.4, -0.2) is 19.1 Å². The Hall–Kier alpha value is -1.65. The number of aryl methyl sites for hydroxylation is 1. The number of methoxy groups -OCH3 is 1. The highest BCUT2D eigenvalue weighted by Crippen LogP contribution is 2.13. The molecule has 0 heterocycles. The summed E-state index contributed by atoms with van der Waals surface area (Å²) in [5.74, 6) is -0.0303. The van der Waals surface area contributed by atoms with E-state index in [0.29, 0.717) is 12.2 Å². The molecule has 2 aromatic rings. The SMILES string of the molecule is COCc1ccc(C(=O)NC(C)CCc2ccc(Br)cc2)cc1. The highest BCUT2D eigenvalue weighted by molar-refractivity contribution is 9.10. The van der Waals surface area contributed by atoms with E-state index >= 15 is 0 Å². The van der Waals surface area contributed by atoms with Crippen molar-refractivity contribution >= 4 is 21.8 Å². The average molecular weight is 376 g/mol. The van der Waals surface area contributed by atoms with Crippen molar-refractivity contribution in [3.63, 3.8) is 0 Å². The molecule has 0 saturated carbocycles. The van der Waals surface area contributed by atoms with Gasteiger partial charge < -0.3 is 10.1 Å². The van der Waals surface area contributed by atoms with E-state index in [0.717, 1.165) is 22.9 Å². The monoisotopic (exact) mass is 375 g/mol. The molecule has 0 aromatic heterocycles. The Morgan fingerprint density at radius 3 is 2.30 bits per heavy atom. The Balaban J connectivity index is 1.82. The number of halogens is 1. The summed E-state index contributed by atoms with van der Waals surface area (Å²) >= 11 is 3.43. The highest BCUT2D eigenvalue weighted by atomic mass is 79.9. The Morgan fingerprint density at radius 1 is 1.09 bits per heavy atom. The number of amides is 1. The number of hydrogen-bond donors (Lipinski definition) is 1. The molecule has 122 valence electrons. The first-order valence-corrected chi connectivity index (χ1v) is 8.51. The van der Waals surface area contributed by atoms with Crippen LogP contribution in [0.2, 0.25) is 0 Å². The first kappa shape index (κ1) is 17.7. The quantitative estimate of drug-likeness (QED) is 0.781. The topological polar surface area (TPSA) is 38.3 Å². The Bertz CT molecular complexity index is 623. The van der Waals surface area contributed by atoms with Gasteiger partial charge >= 0.3 is 0 Å². The zero-order valence-electron chi connectivity index (χ0n) is 13.5. The zero-order chi connectivity index (χ0) is 16.7. The molecule has 1 atom stereocenters. The lowest BCUT2D eigenvalue weighted by Crippen LogP contribution is -2.32. The van der Waals surface area contributed by atoms with Gasteiger partial charge in [0.2, 0.25) is 0 Å². The molecule has 1 amide bonds. The van der Waals surface area contributed by atoms with E-state index < -0.39 is 0 Å². The molecular formula is C19H22BrNO2. The fraction of sp³-hybridized carbons (Fsp3) is 0.316. The first-order chi connectivity index (χ1) is 11.1. The highest BCUT2D eigenvalue weighted by Gasteiger charge is 2.10. The molecule has 0 spiro atoms. The number of ether oxygens (including phenoxy) is 1. The Labute approximate surface area is 146 Å². The normalized spacial score (nSPS) is 12.0. The van der Waals surface area contributed by atoms with Gasteiger partial charge in [-0.2, -0.15) is 0 Å². The lowest BCUT2D eigenvalue weighted by Gasteiger charge is -2.14. The number of carbonyl (C=O) groups is 1. The summed E-state index contributed by atoms with van der Waals surface area (Å²) in [5.41, 5.74) is 3.02. The molecule has 2 aromatic carbocycles. The lowest BCUT2D eigenvalue weighted by molar-refractivity contribution is 0.0938. The number of benzene rings is 2. The zero-order valence-corrected chi connectivity index (χ0v) is 15.1. The maximum Gasteiger partial charge on any atom is 0.251 e. The molecule has 0 aliphatic rings. The van der Waals surface area contributed by atoms with Gasteiger partial charge in [-0.15, -0.1) is 0 Å². The summed E-state index contributed by atoms with van der Waals surface area (Å²) in [5, 5.41) is 3.05. The predicted molar refractivity (Wildman–Crippen MR) is 96.5 cm³/mol. The minimum absolute atomic E-state index is 0.0303. The lowest BCUT2D eigenvalue weighted by atomic mass is 10.1. The number of hydrogen-bond acceptors (Lipinski definition) is 2. The van der Waals surface area contributed by atoms with E-state index in [2.05, 4.69) is 33.4 Å². The maximum absolute atomic E-state index is 12.2. The average Bonchev–Trinajstić information content (AvgIpc) is 2.55. The van der Waals surface area contributed by atoms with Gasteiger partial charge in [0.15, 0.2) is 0 Å². The van der Waals surface area contributed by atoms with Gasteiger partial charge in [0, 0.05) is 23.2 Å². The minimum Gasteiger partial charge on any atom is -0.380 e. The van der Waals surface area contributed by atoms with Gasteiger partial charge in [-0.3, -0.25) is 4.79 Å². The van der Waals surface area contributed by atoms with Crippen molar-refractivity contribution < 1.29 is 9.53 Å². The second-order valence-electron chi connectivity index (χ2n) is 5.67. The van der Waals surface area contributed by atoms with E-state index in [1.807, 2.05) is 43.3 Å². The molecule has 0 bridgehead atoms.